The Morgan fingerprint density at radius 2 is 2.18 bits per heavy atom. The topological polar surface area (TPSA) is 49.8 Å². The minimum absolute atomic E-state index is 0.348. The van der Waals surface area contributed by atoms with Gasteiger partial charge >= 0.3 is 5.97 Å². The summed E-state index contributed by atoms with van der Waals surface area (Å²) in [5.41, 5.74) is 2.70. The fourth-order valence-electron chi connectivity index (χ4n) is 2.21. The second kappa shape index (κ2) is 4.85. The lowest BCUT2D eigenvalue weighted by molar-refractivity contribution is 0.0696. The molecule has 0 aromatic heterocycles. The first-order chi connectivity index (χ1) is 8.11. The maximum Gasteiger partial charge on any atom is 0.335 e. The fraction of sp³-hybridized carbons (Fsp3) is 0.462. The Morgan fingerprint density at radius 3 is 2.82 bits per heavy atom. The van der Waals surface area contributed by atoms with Crippen molar-refractivity contribution in [1.82, 2.24) is 4.90 Å². The zero-order valence-corrected chi connectivity index (χ0v) is 10.1. The van der Waals surface area contributed by atoms with Crippen molar-refractivity contribution in [2.45, 2.75) is 26.1 Å². The highest BCUT2D eigenvalue weighted by atomic mass is 16.5. The summed E-state index contributed by atoms with van der Waals surface area (Å²) in [6.07, 6.45) is 0. The van der Waals surface area contributed by atoms with Crippen molar-refractivity contribution in [3.8, 4) is 0 Å². The van der Waals surface area contributed by atoms with Gasteiger partial charge < -0.3 is 9.84 Å². The van der Waals surface area contributed by atoms with Gasteiger partial charge in [0.2, 0.25) is 0 Å². The maximum atomic E-state index is 10.9. The van der Waals surface area contributed by atoms with Gasteiger partial charge in [0.15, 0.2) is 0 Å². The number of aromatic carboxylic acids is 1. The van der Waals surface area contributed by atoms with Gasteiger partial charge in [0.05, 0.1) is 12.2 Å². The van der Waals surface area contributed by atoms with Gasteiger partial charge in [-0.1, -0.05) is 6.07 Å². The summed E-state index contributed by atoms with van der Waals surface area (Å²) >= 11 is 0. The first-order valence-corrected chi connectivity index (χ1v) is 5.70. The lowest BCUT2D eigenvalue weighted by Gasteiger charge is -2.22. The Hall–Kier alpha value is -1.39. The third-order valence-electron chi connectivity index (χ3n) is 3.23. The molecule has 92 valence electrons. The zero-order chi connectivity index (χ0) is 12.4. The summed E-state index contributed by atoms with van der Waals surface area (Å²) < 4.78 is 5.14. The van der Waals surface area contributed by atoms with Crippen LogP contribution in [0.15, 0.2) is 18.2 Å². The van der Waals surface area contributed by atoms with Crippen molar-refractivity contribution in [2.24, 2.45) is 0 Å². The van der Waals surface area contributed by atoms with Crippen LogP contribution in [0.3, 0.4) is 0 Å². The van der Waals surface area contributed by atoms with Crippen LogP contribution in [0.4, 0.5) is 0 Å². The molecule has 4 heteroatoms. The van der Waals surface area contributed by atoms with Crippen molar-refractivity contribution in [1.29, 1.82) is 0 Å². The van der Waals surface area contributed by atoms with Crippen LogP contribution in [-0.2, 0) is 17.8 Å². The number of benzene rings is 1. The van der Waals surface area contributed by atoms with Crippen molar-refractivity contribution in [3.63, 3.8) is 0 Å². The smallest absolute Gasteiger partial charge is 0.335 e. The average molecular weight is 235 g/mol. The van der Waals surface area contributed by atoms with Crippen molar-refractivity contribution in [3.05, 3.63) is 34.9 Å². The van der Waals surface area contributed by atoms with E-state index in [0.717, 1.165) is 18.7 Å². The Kier molecular flexibility index (Phi) is 3.45. The maximum absolute atomic E-state index is 10.9. The summed E-state index contributed by atoms with van der Waals surface area (Å²) in [5, 5.41) is 8.94. The molecule has 1 aromatic carbocycles. The van der Waals surface area contributed by atoms with E-state index < -0.39 is 5.97 Å². The standard InChI is InChI=1S/C13H17NO3/c1-9(8-17-2)14-6-11-4-3-10(13(15)16)5-12(11)7-14/h3-5,9H,6-8H2,1-2H3,(H,15,16). The SMILES string of the molecule is COCC(C)N1Cc2ccc(C(=O)O)cc2C1. The van der Waals surface area contributed by atoms with Gasteiger partial charge in [-0.25, -0.2) is 4.79 Å². The summed E-state index contributed by atoms with van der Waals surface area (Å²) in [4.78, 5) is 13.2. The van der Waals surface area contributed by atoms with Crippen LogP contribution in [0.25, 0.3) is 0 Å². The van der Waals surface area contributed by atoms with Gasteiger partial charge in [-0.3, -0.25) is 4.90 Å². The highest BCUT2D eigenvalue weighted by Gasteiger charge is 2.23. The van der Waals surface area contributed by atoms with Crippen molar-refractivity contribution in [2.75, 3.05) is 13.7 Å². The molecule has 1 heterocycles. The Balaban J connectivity index is 2.13. The summed E-state index contributed by atoms with van der Waals surface area (Å²) in [5.74, 6) is -0.865. The summed E-state index contributed by atoms with van der Waals surface area (Å²) in [7, 11) is 1.70. The molecular formula is C13H17NO3. The molecule has 0 radical (unpaired) electrons. The van der Waals surface area contributed by atoms with E-state index in [9.17, 15) is 4.79 Å². The molecule has 0 saturated carbocycles. The highest BCUT2D eigenvalue weighted by Crippen LogP contribution is 2.25. The number of carboxylic acid groups (broad SMARTS) is 1. The number of nitrogens with zero attached hydrogens (tertiary/aromatic N) is 1. The third-order valence-corrected chi connectivity index (χ3v) is 3.23. The number of hydrogen-bond donors (Lipinski definition) is 1. The normalized spacial score (nSPS) is 16.8. The van der Waals surface area contributed by atoms with E-state index in [-0.39, 0.29) is 0 Å². The second-order valence-corrected chi connectivity index (χ2v) is 4.50. The number of fused-ring (bicyclic) bond motifs is 1. The predicted molar refractivity (Wildman–Crippen MR) is 64.0 cm³/mol. The average Bonchev–Trinajstić information content (AvgIpc) is 2.71. The van der Waals surface area contributed by atoms with E-state index in [4.69, 9.17) is 9.84 Å². The lowest BCUT2D eigenvalue weighted by atomic mass is 10.1. The molecule has 4 nitrogen and oxygen atoms in total. The van der Waals surface area contributed by atoms with E-state index in [1.807, 2.05) is 6.07 Å². The van der Waals surface area contributed by atoms with Crippen LogP contribution in [0.2, 0.25) is 0 Å². The molecule has 1 aromatic rings. The Morgan fingerprint density at radius 1 is 1.47 bits per heavy atom. The van der Waals surface area contributed by atoms with Gasteiger partial charge in [0, 0.05) is 26.2 Å². The zero-order valence-electron chi connectivity index (χ0n) is 10.1. The van der Waals surface area contributed by atoms with E-state index in [0.29, 0.717) is 18.2 Å². The van der Waals surface area contributed by atoms with Crippen molar-refractivity contribution >= 4 is 5.97 Å². The van der Waals surface area contributed by atoms with Crippen molar-refractivity contribution < 1.29 is 14.6 Å². The molecule has 0 fully saturated rings. The highest BCUT2D eigenvalue weighted by molar-refractivity contribution is 5.87. The molecule has 0 spiro atoms. The number of methoxy groups -OCH3 is 1. The van der Waals surface area contributed by atoms with Gasteiger partial charge in [0.25, 0.3) is 0 Å². The Bertz CT molecular complexity index is 431. The molecule has 17 heavy (non-hydrogen) atoms. The van der Waals surface area contributed by atoms with E-state index in [2.05, 4.69) is 11.8 Å². The molecule has 1 aliphatic heterocycles. The predicted octanol–water partition coefficient (Wildman–Crippen LogP) is 1.74. The van der Waals surface area contributed by atoms with Crippen LogP contribution in [-0.4, -0.2) is 35.7 Å². The molecule has 0 bridgehead atoms. The molecule has 1 aliphatic rings. The molecule has 0 amide bonds. The lowest BCUT2D eigenvalue weighted by Crippen LogP contribution is -2.31. The van der Waals surface area contributed by atoms with Gasteiger partial charge in [0.1, 0.15) is 0 Å². The first kappa shape index (κ1) is 12.1. The van der Waals surface area contributed by atoms with Gasteiger partial charge in [-0.15, -0.1) is 0 Å². The molecule has 2 rings (SSSR count). The van der Waals surface area contributed by atoms with E-state index in [1.165, 1.54) is 5.56 Å². The molecule has 1 atom stereocenters. The van der Waals surface area contributed by atoms with Crippen LogP contribution < -0.4 is 0 Å². The number of carbonyl (C=O) groups is 1. The summed E-state index contributed by atoms with van der Waals surface area (Å²) in [6, 6.07) is 5.71. The monoisotopic (exact) mass is 235 g/mol. The molecule has 1 N–H and O–H groups in total. The number of carboxylic acids is 1. The minimum atomic E-state index is -0.865. The minimum Gasteiger partial charge on any atom is -0.478 e. The van der Waals surface area contributed by atoms with E-state index >= 15 is 0 Å². The number of rotatable bonds is 4. The number of ether oxygens (including phenoxy) is 1. The Labute approximate surface area is 101 Å². The van der Waals surface area contributed by atoms with Crippen LogP contribution in [0.1, 0.15) is 28.4 Å². The van der Waals surface area contributed by atoms with Gasteiger partial charge in [-0.05, 0) is 30.2 Å². The van der Waals surface area contributed by atoms with E-state index in [1.54, 1.807) is 19.2 Å². The molecule has 1 unspecified atom stereocenters. The third kappa shape index (κ3) is 2.48. The first-order valence-electron chi connectivity index (χ1n) is 5.70. The largest absolute Gasteiger partial charge is 0.478 e. The fourth-order valence-corrected chi connectivity index (χ4v) is 2.21. The van der Waals surface area contributed by atoms with Crippen LogP contribution in [0.5, 0.6) is 0 Å². The van der Waals surface area contributed by atoms with Crippen LogP contribution >= 0.6 is 0 Å². The quantitative estimate of drug-likeness (QED) is 0.863. The molecular weight excluding hydrogens is 218 g/mol. The summed E-state index contributed by atoms with van der Waals surface area (Å²) in [6.45, 7) is 4.49. The number of hydrogen-bond acceptors (Lipinski definition) is 3. The van der Waals surface area contributed by atoms with Gasteiger partial charge in [-0.2, -0.15) is 0 Å². The second-order valence-electron chi connectivity index (χ2n) is 4.50. The molecule has 0 saturated heterocycles. The molecule has 0 aliphatic carbocycles. The van der Waals surface area contributed by atoms with Crippen LogP contribution in [0, 0.1) is 0 Å².